The van der Waals surface area contributed by atoms with Crippen molar-refractivity contribution in [1.29, 1.82) is 0 Å². The highest BCUT2D eigenvalue weighted by Gasteiger charge is 2.21. The average Bonchev–Trinajstić information content (AvgIpc) is 3.33. The molecule has 1 aliphatic carbocycles. The predicted molar refractivity (Wildman–Crippen MR) is 86.2 cm³/mol. The van der Waals surface area contributed by atoms with Gasteiger partial charge in [-0.05, 0) is 37.2 Å². The molecule has 1 fully saturated rings. The molecule has 22 heavy (non-hydrogen) atoms. The molecule has 0 bridgehead atoms. The van der Waals surface area contributed by atoms with Crippen LogP contribution in [0.25, 0.3) is 0 Å². The molecule has 0 amide bonds. The molecule has 0 unspecified atom stereocenters. The van der Waals surface area contributed by atoms with Crippen molar-refractivity contribution in [1.82, 2.24) is 0 Å². The molecule has 3 nitrogen and oxygen atoms in total. The van der Waals surface area contributed by atoms with Crippen LogP contribution in [-0.4, -0.2) is 5.11 Å². The van der Waals surface area contributed by atoms with E-state index in [9.17, 15) is 9.90 Å². The monoisotopic (exact) mass is 298 g/mol. The summed E-state index contributed by atoms with van der Waals surface area (Å²) < 4.78 is 5.35. The zero-order valence-corrected chi connectivity index (χ0v) is 12.8. The normalized spacial score (nSPS) is 14.2. The minimum Gasteiger partial charge on any atom is -0.507 e. The maximum atomic E-state index is 12.0. The first kappa shape index (κ1) is 14.9. The van der Waals surface area contributed by atoms with Crippen molar-refractivity contribution in [3.8, 4) is 5.75 Å². The summed E-state index contributed by atoms with van der Waals surface area (Å²) in [5, 5.41) is 10.1. The Morgan fingerprint density at radius 3 is 2.55 bits per heavy atom. The highest BCUT2D eigenvalue weighted by atomic mass is 16.4. The molecule has 0 atom stereocenters. The number of benzene rings is 1. The zero-order chi connectivity index (χ0) is 15.4. The highest BCUT2D eigenvalue weighted by molar-refractivity contribution is 5.30. The quantitative estimate of drug-likeness (QED) is 0.844. The topological polar surface area (TPSA) is 50.4 Å². The lowest BCUT2D eigenvalue weighted by Crippen LogP contribution is -2.10. The Balaban J connectivity index is 1.59. The molecular weight excluding hydrogens is 276 g/mol. The molecule has 1 aromatic heterocycles. The fourth-order valence-electron chi connectivity index (χ4n) is 2.77. The van der Waals surface area contributed by atoms with Crippen LogP contribution in [0.2, 0.25) is 0 Å². The third-order valence-electron chi connectivity index (χ3n) is 4.31. The van der Waals surface area contributed by atoms with Gasteiger partial charge in [-0.3, -0.25) is 0 Å². The summed E-state index contributed by atoms with van der Waals surface area (Å²) in [6.45, 7) is 0. The van der Waals surface area contributed by atoms with E-state index in [4.69, 9.17) is 4.42 Å². The van der Waals surface area contributed by atoms with E-state index in [1.54, 1.807) is 6.07 Å². The summed E-state index contributed by atoms with van der Waals surface area (Å²) in [6, 6.07) is 11.8. The van der Waals surface area contributed by atoms with Crippen molar-refractivity contribution < 1.29 is 9.52 Å². The summed E-state index contributed by atoms with van der Waals surface area (Å²) in [5.41, 5.74) is 1.28. The van der Waals surface area contributed by atoms with E-state index in [-0.39, 0.29) is 11.4 Å². The lowest BCUT2D eigenvalue weighted by Gasteiger charge is -2.06. The van der Waals surface area contributed by atoms with Gasteiger partial charge in [0, 0.05) is 12.5 Å². The average molecular weight is 298 g/mol. The van der Waals surface area contributed by atoms with E-state index in [2.05, 4.69) is 12.1 Å². The molecule has 1 aromatic carbocycles. The van der Waals surface area contributed by atoms with Gasteiger partial charge in [-0.1, -0.05) is 43.2 Å². The highest BCUT2D eigenvalue weighted by Crippen LogP contribution is 2.33. The van der Waals surface area contributed by atoms with Crippen molar-refractivity contribution in [3.05, 3.63) is 63.7 Å². The van der Waals surface area contributed by atoms with Gasteiger partial charge >= 0.3 is 5.63 Å². The molecule has 0 spiro atoms. The lowest BCUT2D eigenvalue weighted by atomic mass is 10.0. The van der Waals surface area contributed by atoms with Gasteiger partial charge in [-0.25, -0.2) is 4.79 Å². The Morgan fingerprint density at radius 2 is 1.86 bits per heavy atom. The van der Waals surface area contributed by atoms with E-state index in [0.717, 1.165) is 31.6 Å². The van der Waals surface area contributed by atoms with Crippen LogP contribution in [0.4, 0.5) is 0 Å². The molecule has 2 aromatic rings. The van der Waals surface area contributed by atoms with Crippen LogP contribution in [0.3, 0.4) is 0 Å². The van der Waals surface area contributed by atoms with Crippen LogP contribution >= 0.6 is 0 Å². The van der Waals surface area contributed by atoms with Crippen molar-refractivity contribution in [2.75, 3.05) is 0 Å². The third kappa shape index (κ3) is 4.00. The Bertz CT molecular complexity index is 669. The second-order valence-corrected chi connectivity index (χ2v) is 6.19. The van der Waals surface area contributed by atoms with Crippen molar-refractivity contribution >= 4 is 0 Å². The van der Waals surface area contributed by atoms with Crippen molar-refractivity contribution in [2.24, 2.45) is 5.92 Å². The van der Waals surface area contributed by atoms with E-state index < -0.39 is 0 Å². The van der Waals surface area contributed by atoms with Gasteiger partial charge in [-0.2, -0.15) is 0 Å². The van der Waals surface area contributed by atoms with Gasteiger partial charge in [0.25, 0.3) is 0 Å². The van der Waals surface area contributed by atoms with Crippen LogP contribution in [0.15, 0.2) is 45.6 Å². The number of hydrogen-bond donors (Lipinski definition) is 1. The van der Waals surface area contributed by atoms with E-state index in [1.165, 1.54) is 18.4 Å². The number of aryl methyl sites for hydroxylation is 2. The predicted octanol–water partition coefficient (Wildman–Crippen LogP) is 3.86. The Kier molecular flexibility index (Phi) is 4.62. The van der Waals surface area contributed by atoms with Crippen LogP contribution in [0.1, 0.15) is 42.6 Å². The fourth-order valence-corrected chi connectivity index (χ4v) is 2.77. The lowest BCUT2D eigenvalue weighted by molar-refractivity contribution is 0.406. The first-order chi connectivity index (χ1) is 10.7. The fraction of sp³-hybridized carbons (Fsp3) is 0.421. The molecule has 116 valence electrons. The first-order valence-corrected chi connectivity index (χ1v) is 8.11. The molecule has 1 saturated carbocycles. The molecule has 1 N–H and O–H groups in total. The Morgan fingerprint density at radius 1 is 1.09 bits per heavy atom. The number of rotatable bonds is 7. The van der Waals surface area contributed by atoms with Gasteiger partial charge in [0.05, 0.1) is 5.56 Å². The maximum absolute atomic E-state index is 12.0. The minimum atomic E-state index is -0.376. The van der Waals surface area contributed by atoms with E-state index >= 15 is 0 Å². The molecule has 0 saturated heterocycles. The summed E-state index contributed by atoms with van der Waals surface area (Å²) >= 11 is 0. The van der Waals surface area contributed by atoms with Gasteiger partial charge in [0.1, 0.15) is 11.5 Å². The molecule has 1 heterocycles. The Labute approximate surface area is 130 Å². The van der Waals surface area contributed by atoms with Crippen molar-refractivity contribution in [2.45, 2.75) is 44.9 Å². The number of aromatic hydroxyl groups is 1. The van der Waals surface area contributed by atoms with Gasteiger partial charge in [0.15, 0.2) is 0 Å². The smallest absolute Gasteiger partial charge is 0.342 e. The summed E-state index contributed by atoms with van der Waals surface area (Å²) in [4.78, 5) is 12.0. The molecule has 3 heteroatoms. The van der Waals surface area contributed by atoms with E-state index in [0.29, 0.717) is 17.7 Å². The SMILES string of the molecule is O=c1oc(CCC2CC2)cc(O)c1CCCc1ccccc1. The molecule has 3 rings (SSSR count). The van der Waals surface area contributed by atoms with Crippen LogP contribution in [0.5, 0.6) is 5.75 Å². The summed E-state index contributed by atoms with van der Waals surface area (Å²) in [6.07, 6.45) is 6.63. The number of hydrogen-bond acceptors (Lipinski definition) is 3. The maximum Gasteiger partial charge on any atom is 0.342 e. The Hall–Kier alpha value is -2.03. The van der Waals surface area contributed by atoms with Gasteiger partial charge in [-0.15, -0.1) is 0 Å². The molecule has 0 aliphatic heterocycles. The van der Waals surface area contributed by atoms with Crippen LogP contribution in [0, 0.1) is 5.92 Å². The van der Waals surface area contributed by atoms with Crippen LogP contribution < -0.4 is 5.63 Å². The second kappa shape index (κ2) is 6.82. The third-order valence-corrected chi connectivity index (χ3v) is 4.31. The molecule has 0 radical (unpaired) electrons. The van der Waals surface area contributed by atoms with Crippen LogP contribution in [-0.2, 0) is 19.3 Å². The summed E-state index contributed by atoms with van der Waals surface area (Å²) in [7, 11) is 0. The first-order valence-electron chi connectivity index (χ1n) is 8.11. The standard InChI is InChI=1S/C19H22O3/c20-18-13-16(12-11-15-9-10-15)22-19(21)17(18)8-4-7-14-5-2-1-3-6-14/h1-3,5-6,13,15,20H,4,7-12H2. The van der Waals surface area contributed by atoms with Crippen molar-refractivity contribution in [3.63, 3.8) is 0 Å². The minimum absolute atomic E-state index is 0.0927. The van der Waals surface area contributed by atoms with Gasteiger partial charge in [0.2, 0.25) is 0 Å². The molecule has 1 aliphatic rings. The summed E-state index contributed by atoms with van der Waals surface area (Å²) in [5.74, 6) is 1.49. The second-order valence-electron chi connectivity index (χ2n) is 6.19. The van der Waals surface area contributed by atoms with E-state index in [1.807, 2.05) is 18.2 Å². The zero-order valence-electron chi connectivity index (χ0n) is 12.8. The van der Waals surface area contributed by atoms with Gasteiger partial charge < -0.3 is 9.52 Å². The largest absolute Gasteiger partial charge is 0.507 e. The molecular formula is C19H22O3.